The van der Waals surface area contributed by atoms with Crippen LogP contribution in [0.2, 0.25) is 0 Å². The van der Waals surface area contributed by atoms with Crippen LogP contribution in [0, 0.1) is 0 Å². The van der Waals surface area contributed by atoms with E-state index in [9.17, 15) is 8.78 Å². The van der Waals surface area contributed by atoms with Gasteiger partial charge >= 0.3 is 6.61 Å². The topological polar surface area (TPSA) is 101 Å². The Morgan fingerprint density at radius 3 is 2.71 bits per heavy atom. The maximum Gasteiger partial charge on any atom is 0.387 e. The minimum absolute atomic E-state index is 0.0828. The van der Waals surface area contributed by atoms with Crippen LogP contribution in [0.1, 0.15) is 37.4 Å². The zero-order valence-corrected chi connectivity index (χ0v) is 17.1. The lowest BCUT2D eigenvalue weighted by Gasteiger charge is -2.35. The van der Waals surface area contributed by atoms with Crippen molar-refractivity contribution in [3.63, 3.8) is 0 Å². The van der Waals surface area contributed by atoms with Gasteiger partial charge in [-0.2, -0.15) is 8.78 Å². The van der Waals surface area contributed by atoms with Crippen molar-refractivity contribution in [2.24, 2.45) is 0 Å². The van der Waals surface area contributed by atoms with Gasteiger partial charge in [0.15, 0.2) is 11.6 Å². The first-order valence-electron chi connectivity index (χ1n) is 10.7. The molecule has 166 valence electrons. The van der Waals surface area contributed by atoms with Gasteiger partial charge in [-0.25, -0.2) is 15.0 Å². The fourth-order valence-electron chi connectivity index (χ4n) is 4.63. The number of likely N-dealkylation sites (tertiary alicyclic amines) is 1. The monoisotopic (exact) mass is 432 g/mol. The van der Waals surface area contributed by atoms with Gasteiger partial charge in [-0.3, -0.25) is 4.90 Å². The zero-order chi connectivity index (χ0) is 21.5. The molecule has 5 rings (SSSR count). The fraction of sp³-hybridized carbons (Fsp3) is 0.571. The molecule has 4 heterocycles. The van der Waals surface area contributed by atoms with Crippen molar-refractivity contribution in [1.82, 2.24) is 19.9 Å². The quantitative estimate of drug-likeness (QED) is 0.655. The minimum Gasteiger partial charge on any atom is -0.431 e. The molecule has 0 spiro atoms. The van der Waals surface area contributed by atoms with Crippen molar-refractivity contribution in [3.8, 4) is 17.0 Å². The highest BCUT2D eigenvalue weighted by Gasteiger charge is 2.43. The Morgan fingerprint density at radius 1 is 1.19 bits per heavy atom. The molecule has 2 bridgehead atoms. The maximum absolute atomic E-state index is 12.7. The summed E-state index contributed by atoms with van der Waals surface area (Å²) in [6.45, 7) is -0.00610. The summed E-state index contributed by atoms with van der Waals surface area (Å²) < 4.78 is 30.0. The first-order chi connectivity index (χ1) is 15.0. The number of hydrogen-bond donors (Lipinski definition) is 2. The molecule has 3 fully saturated rings. The molecule has 3 N–H and O–H groups in total. The standard InChI is InChI=1S/C21H26F2N6O2/c22-21(23)31-17-6-13(9-25-19(17)24)16-8-18(27-20(26-16)12-2-3-12)29-11-14-7-15(29)10-28(14)4-1-5-30/h6,8-9,12,14-15,21,30H,1-5,7,10-11H2,(H2,24,25)/t14-,15-/m0/s1. The second-order valence-electron chi connectivity index (χ2n) is 8.50. The molecule has 31 heavy (non-hydrogen) atoms. The van der Waals surface area contributed by atoms with Crippen LogP contribution >= 0.6 is 0 Å². The maximum atomic E-state index is 12.7. The van der Waals surface area contributed by atoms with Crippen molar-refractivity contribution in [1.29, 1.82) is 0 Å². The molecular weight excluding hydrogens is 406 g/mol. The lowest BCUT2D eigenvalue weighted by Crippen LogP contribution is -2.47. The highest BCUT2D eigenvalue weighted by atomic mass is 19.3. The summed E-state index contributed by atoms with van der Waals surface area (Å²) in [6.07, 6.45) is 5.52. The summed E-state index contributed by atoms with van der Waals surface area (Å²) in [5, 5.41) is 9.12. The summed E-state index contributed by atoms with van der Waals surface area (Å²) in [6, 6.07) is 4.21. The molecule has 2 aromatic heterocycles. The van der Waals surface area contributed by atoms with E-state index in [-0.39, 0.29) is 18.2 Å². The Balaban J connectivity index is 1.44. The van der Waals surface area contributed by atoms with Gasteiger partial charge in [-0.05, 0) is 31.7 Å². The number of fused-ring (bicyclic) bond motifs is 2. The van der Waals surface area contributed by atoms with E-state index in [4.69, 9.17) is 20.8 Å². The van der Waals surface area contributed by atoms with Crippen LogP contribution in [0.3, 0.4) is 0 Å². The third kappa shape index (κ3) is 4.14. The highest BCUT2D eigenvalue weighted by Crippen LogP contribution is 2.41. The molecule has 2 saturated heterocycles. The number of nitrogens with two attached hydrogens (primary N) is 1. The van der Waals surface area contributed by atoms with Crippen LogP contribution in [0.5, 0.6) is 5.75 Å². The van der Waals surface area contributed by atoms with Crippen LogP contribution < -0.4 is 15.4 Å². The number of aliphatic hydroxyl groups excluding tert-OH is 1. The molecule has 2 aromatic rings. The number of halogens is 2. The van der Waals surface area contributed by atoms with E-state index in [0.717, 1.165) is 57.0 Å². The van der Waals surface area contributed by atoms with Crippen LogP contribution in [-0.2, 0) is 0 Å². The summed E-state index contributed by atoms with van der Waals surface area (Å²) in [4.78, 5) is 18.4. The third-order valence-corrected chi connectivity index (χ3v) is 6.32. The highest BCUT2D eigenvalue weighted by molar-refractivity contribution is 5.67. The zero-order valence-electron chi connectivity index (χ0n) is 17.1. The molecule has 2 aliphatic heterocycles. The number of nitrogen functional groups attached to an aromatic ring is 1. The van der Waals surface area contributed by atoms with Crippen molar-refractivity contribution < 1.29 is 18.6 Å². The van der Waals surface area contributed by atoms with Crippen LogP contribution in [0.25, 0.3) is 11.3 Å². The molecule has 2 atom stereocenters. The summed E-state index contributed by atoms with van der Waals surface area (Å²) in [7, 11) is 0. The number of rotatable bonds is 8. The molecule has 0 amide bonds. The van der Waals surface area contributed by atoms with Gasteiger partial charge in [0.2, 0.25) is 0 Å². The van der Waals surface area contributed by atoms with Crippen molar-refractivity contribution in [3.05, 3.63) is 24.2 Å². The molecular formula is C21H26F2N6O2. The van der Waals surface area contributed by atoms with Crippen LogP contribution in [0.15, 0.2) is 18.3 Å². The number of aromatic nitrogens is 3. The van der Waals surface area contributed by atoms with E-state index in [1.807, 2.05) is 6.07 Å². The van der Waals surface area contributed by atoms with E-state index >= 15 is 0 Å². The number of alkyl halides is 2. The lowest BCUT2D eigenvalue weighted by molar-refractivity contribution is -0.0494. The van der Waals surface area contributed by atoms with Crippen molar-refractivity contribution in [2.45, 2.75) is 50.3 Å². The Kier molecular flexibility index (Phi) is 5.35. The SMILES string of the molecule is Nc1ncc(-c2cc(N3C[C@@H]4C[C@H]3CN4CCCO)nc(C3CC3)n2)cc1OC(F)F. The number of ether oxygens (including phenoxy) is 1. The Bertz CT molecular complexity index is 957. The Labute approximate surface area is 179 Å². The predicted molar refractivity (Wildman–Crippen MR) is 111 cm³/mol. The first kappa shape index (κ1) is 20.3. The predicted octanol–water partition coefficient (Wildman–Crippen LogP) is 2.24. The van der Waals surface area contributed by atoms with Gasteiger partial charge in [-0.15, -0.1) is 0 Å². The van der Waals surface area contributed by atoms with E-state index < -0.39 is 6.61 Å². The van der Waals surface area contributed by atoms with Crippen molar-refractivity contribution in [2.75, 3.05) is 36.9 Å². The Morgan fingerprint density at radius 2 is 2.03 bits per heavy atom. The minimum atomic E-state index is -2.98. The average molecular weight is 432 g/mol. The summed E-state index contributed by atoms with van der Waals surface area (Å²) in [5.74, 6) is 1.77. The molecule has 0 aromatic carbocycles. The molecule has 3 aliphatic rings. The first-order valence-corrected chi connectivity index (χ1v) is 10.7. The van der Waals surface area contributed by atoms with E-state index in [1.54, 1.807) is 0 Å². The third-order valence-electron chi connectivity index (χ3n) is 6.32. The second kappa shape index (κ2) is 8.16. The van der Waals surface area contributed by atoms with E-state index in [2.05, 4.69) is 19.5 Å². The normalized spacial score (nSPS) is 23.2. The van der Waals surface area contributed by atoms with Gasteiger partial charge in [-0.1, -0.05) is 0 Å². The van der Waals surface area contributed by atoms with Gasteiger partial charge in [0, 0.05) is 62.1 Å². The smallest absolute Gasteiger partial charge is 0.387 e. The number of hydrogen-bond acceptors (Lipinski definition) is 8. The van der Waals surface area contributed by atoms with E-state index in [0.29, 0.717) is 29.3 Å². The van der Waals surface area contributed by atoms with Gasteiger partial charge in [0.25, 0.3) is 0 Å². The largest absolute Gasteiger partial charge is 0.431 e. The van der Waals surface area contributed by atoms with Crippen LogP contribution in [0.4, 0.5) is 20.4 Å². The molecule has 1 aliphatic carbocycles. The molecule has 1 saturated carbocycles. The average Bonchev–Trinajstić information content (AvgIpc) is 3.43. The van der Waals surface area contributed by atoms with Gasteiger partial charge in [0.1, 0.15) is 11.6 Å². The van der Waals surface area contributed by atoms with Gasteiger partial charge in [0.05, 0.1) is 5.69 Å². The number of pyridine rings is 1. The number of nitrogens with zero attached hydrogens (tertiary/aromatic N) is 5. The van der Waals surface area contributed by atoms with Crippen LogP contribution in [-0.4, -0.2) is 69.9 Å². The molecule has 8 nitrogen and oxygen atoms in total. The summed E-state index contributed by atoms with van der Waals surface area (Å²) >= 11 is 0. The number of piperazine rings is 1. The number of anilines is 2. The lowest BCUT2D eigenvalue weighted by atomic mass is 10.1. The molecule has 10 heteroatoms. The molecule has 0 radical (unpaired) electrons. The summed E-state index contributed by atoms with van der Waals surface area (Å²) in [5.41, 5.74) is 6.90. The number of aliphatic hydroxyl groups is 1. The van der Waals surface area contributed by atoms with Crippen molar-refractivity contribution >= 4 is 11.6 Å². The van der Waals surface area contributed by atoms with Gasteiger partial charge < -0.3 is 20.5 Å². The fourth-order valence-corrected chi connectivity index (χ4v) is 4.63. The Hall–Kier alpha value is -2.59. The van der Waals surface area contributed by atoms with E-state index in [1.165, 1.54) is 12.3 Å². The molecule has 0 unspecified atom stereocenters. The second-order valence-corrected chi connectivity index (χ2v) is 8.50.